The third-order valence-corrected chi connectivity index (χ3v) is 6.31. The summed E-state index contributed by atoms with van der Waals surface area (Å²) in [6.07, 6.45) is 6.92. The van der Waals surface area contributed by atoms with Crippen LogP contribution in [-0.2, 0) is 0 Å². The lowest BCUT2D eigenvalue weighted by molar-refractivity contribution is 0.0988. The molecule has 28 heavy (non-hydrogen) atoms. The molecule has 0 amide bonds. The molecule has 0 saturated heterocycles. The highest BCUT2D eigenvalue weighted by Gasteiger charge is 2.30. The zero-order chi connectivity index (χ0) is 19.5. The average Bonchev–Trinajstić information content (AvgIpc) is 3.15. The van der Waals surface area contributed by atoms with Gasteiger partial charge in [0.1, 0.15) is 5.75 Å². The van der Waals surface area contributed by atoms with Crippen molar-refractivity contribution in [1.29, 1.82) is 0 Å². The second kappa shape index (κ2) is 8.26. The number of aryl methyl sites for hydroxylation is 1. The predicted octanol–water partition coefficient (Wildman–Crippen LogP) is 5.95. The number of nitrogens with zero attached hydrogens (tertiary/aromatic N) is 1. The minimum atomic E-state index is 0.330. The Bertz CT molecular complexity index is 919. The summed E-state index contributed by atoms with van der Waals surface area (Å²) in [5.74, 6) is 2.28. The van der Waals surface area contributed by atoms with E-state index in [1.54, 1.807) is 6.33 Å². The van der Waals surface area contributed by atoms with Crippen molar-refractivity contribution in [3.05, 3.63) is 54.4 Å². The van der Waals surface area contributed by atoms with Gasteiger partial charge in [-0.25, -0.2) is 4.98 Å². The van der Waals surface area contributed by atoms with Crippen molar-refractivity contribution in [2.24, 2.45) is 11.8 Å². The Morgan fingerprint density at radius 1 is 1.14 bits per heavy atom. The van der Waals surface area contributed by atoms with Crippen molar-refractivity contribution in [2.45, 2.75) is 58.6 Å². The summed E-state index contributed by atoms with van der Waals surface area (Å²) in [7, 11) is 0. The molecule has 1 aliphatic rings. The maximum Gasteiger partial charge on any atom is 0.119 e. The fourth-order valence-corrected chi connectivity index (χ4v) is 4.47. The first-order chi connectivity index (χ1) is 13.6. The fraction of sp³-hybridized carbons (Fsp3) is 0.458. The van der Waals surface area contributed by atoms with Gasteiger partial charge < -0.3 is 15.0 Å². The number of benzene rings is 2. The van der Waals surface area contributed by atoms with Gasteiger partial charge in [-0.2, -0.15) is 0 Å². The standard InChI is InChI=1S/C24H31N3O/c1-16-6-4-8-21(12-16)28-22-9-5-7-19(13-22)17(2)18(3)27-20-10-11-23-24(14-20)26-15-25-23/h4,6,8,10-12,14-15,17-19,22,27H,5,7,9,13H2,1-3H3,(H,25,26). The van der Waals surface area contributed by atoms with E-state index in [2.05, 4.69) is 78.5 Å². The molecule has 0 spiro atoms. The van der Waals surface area contributed by atoms with Gasteiger partial charge in [0.25, 0.3) is 0 Å². The monoisotopic (exact) mass is 377 g/mol. The first-order valence-electron chi connectivity index (χ1n) is 10.5. The minimum absolute atomic E-state index is 0.330. The molecule has 148 valence electrons. The van der Waals surface area contributed by atoms with Crippen LogP contribution in [0.4, 0.5) is 5.69 Å². The summed E-state index contributed by atoms with van der Waals surface area (Å²) in [6, 6.07) is 15.2. The molecule has 4 heteroatoms. The summed E-state index contributed by atoms with van der Waals surface area (Å²) in [4.78, 5) is 7.49. The molecule has 3 aromatic rings. The highest BCUT2D eigenvalue weighted by molar-refractivity contribution is 5.78. The number of aromatic nitrogens is 2. The molecule has 4 atom stereocenters. The predicted molar refractivity (Wildman–Crippen MR) is 116 cm³/mol. The zero-order valence-corrected chi connectivity index (χ0v) is 17.1. The van der Waals surface area contributed by atoms with Crippen LogP contribution in [0.1, 0.15) is 45.1 Å². The number of aromatic amines is 1. The van der Waals surface area contributed by atoms with Crippen molar-refractivity contribution >= 4 is 16.7 Å². The molecule has 4 rings (SSSR count). The molecule has 0 radical (unpaired) electrons. The minimum Gasteiger partial charge on any atom is -0.490 e. The van der Waals surface area contributed by atoms with E-state index in [1.807, 2.05) is 0 Å². The van der Waals surface area contributed by atoms with E-state index < -0.39 is 0 Å². The van der Waals surface area contributed by atoms with Crippen molar-refractivity contribution in [1.82, 2.24) is 9.97 Å². The summed E-state index contributed by atoms with van der Waals surface area (Å²) < 4.78 is 6.32. The lowest BCUT2D eigenvalue weighted by Gasteiger charge is -2.36. The smallest absolute Gasteiger partial charge is 0.119 e. The van der Waals surface area contributed by atoms with Crippen LogP contribution < -0.4 is 10.1 Å². The van der Waals surface area contributed by atoms with E-state index >= 15 is 0 Å². The number of hydrogen-bond acceptors (Lipinski definition) is 3. The Morgan fingerprint density at radius 3 is 2.89 bits per heavy atom. The third-order valence-electron chi connectivity index (χ3n) is 6.31. The largest absolute Gasteiger partial charge is 0.490 e. The van der Waals surface area contributed by atoms with Gasteiger partial charge in [-0.05, 0) is 87.3 Å². The Morgan fingerprint density at radius 2 is 2.04 bits per heavy atom. The maximum atomic E-state index is 6.32. The van der Waals surface area contributed by atoms with Gasteiger partial charge in [0.2, 0.25) is 0 Å². The second-order valence-corrected chi connectivity index (χ2v) is 8.41. The van der Waals surface area contributed by atoms with Crippen molar-refractivity contribution in [2.75, 3.05) is 5.32 Å². The number of fused-ring (bicyclic) bond motifs is 1. The molecule has 4 unspecified atom stereocenters. The van der Waals surface area contributed by atoms with Gasteiger partial charge in [0.15, 0.2) is 0 Å². The molecule has 2 N–H and O–H groups in total. The highest BCUT2D eigenvalue weighted by Crippen LogP contribution is 2.35. The molecular formula is C24H31N3O. The molecular weight excluding hydrogens is 346 g/mol. The molecule has 1 aromatic heterocycles. The van der Waals surface area contributed by atoms with Gasteiger partial charge >= 0.3 is 0 Å². The van der Waals surface area contributed by atoms with Crippen LogP contribution in [-0.4, -0.2) is 22.1 Å². The first-order valence-corrected chi connectivity index (χ1v) is 10.5. The summed E-state index contributed by atoms with van der Waals surface area (Å²) in [5, 5.41) is 3.70. The van der Waals surface area contributed by atoms with Crippen molar-refractivity contribution in [3.8, 4) is 5.75 Å². The van der Waals surface area contributed by atoms with Crippen LogP contribution in [0.25, 0.3) is 11.0 Å². The quantitative estimate of drug-likeness (QED) is 0.558. The van der Waals surface area contributed by atoms with Gasteiger partial charge in [-0.1, -0.05) is 19.1 Å². The van der Waals surface area contributed by atoms with Crippen LogP contribution in [0, 0.1) is 18.8 Å². The molecule has 2 aromatic carbocycles. The summed E-state index contributed by atoms with van der Waals surface area (Å²) in [6.45, 7) is 6.80. The Kier molecular flexibility index (Phi) is 5.56. The normalized spacial score (nSPS) is 22.0. The SMILES string of the molecule is Cc1cccc(OC2CCCC(C(C)C(C)Nc3ccc4nc[nH]c4c3)C2)c1. The van der Waals surface area contributed by atoms with Crippen LogP contribution >= 0.6 is 0 Å². The topological polar surface area (TPSA) is 49.9 Å². The molecule has 1 aliphatic carbocycles. The summed E-state index contributed by atoms with van der Waals surface area (Å²) >= 11 is 0. The van der Waals surface area contributed by atoms with Crippen molar-refractivity contribution in [3.63, 3.8) is 0 Å². The van der Waals surface area contributed by atoms with Gasteiger partial charge in [-0.15, -0.1) is 0 Å². The van der Waals surface area contributed by atoms with E-state index in [0.717, 1.165) is 35.3 Å². The number of H-pyrrole nitrogens is 1. The van der Waals surface area contributed by atoms with E-state index in [4.69, 9.17) is 4.74 Å². The molecule has 1 saturated carbocycles. The number of nitrogens with one attached hydrogen (secondary N) is 2. The third kappa shape index (κ3) is 4.32. The average molecular weight is 378 g/mol. The fourth-order valence-electron chi connectivity index (χ4n) is 4.47. The van der Waals surface area contributed by atoms with Crippen LogP contribution in [0.2, 0.25) is 0 Å². The molecule has 1 heterocycles. The molecule has 0 aliphatic heterocycles. The second-order valence-electron chi connectivity index (χ2n) is 8.41. The number of imidazole rings is 1. The number of hydrogen-bond donors (Lipinski definition) is 2. The zero-order valence-electron chi connectivity index (χ0n) is 17.1. The maximum absolute atomic E-state index is 6.32. The Labute approximate surface area is 167 Å². The van der Waals surface area contributed by atoms with E-state index in [-0.39, 0.29) is 0 Å². The van der Waals surface area contributed by atoms with E-state index in [0.29, 0.717) is 24.0 Å². The lowest BCUT2D eigenvalue weighted by atomic mass is 9.77. The Hall–Kier alpha value is -2.49. The van der Waals surface area contributed by atoms with E-state index in [1.165, 1.54) is 18.4 Å². The Balaban J connectivity index is 1.36. The first kappa shape index (κ1) is 18.9. The number of anilines is 1. The summed E-state index contributed by atoms with van der Waals surface area (Å²) in [5.41, 5.74) is 4.49. The van der Waals surface area contributed by atoms with Crippen LogP contribution in [0.15, 0.2) is 48.8 Å². The van der Waals surface area contributed by atoms with Crippen LogP contribution in [0.5, 0.6) is 5.75 Å². The highest BCUT2D eigenvalue weighted by atomic mass is 16.5. The number of rotatable bonds is 6. The molecule has 4 nitrogen and oxygen atoms in total. The van der Waals surface area contributed by atoms with Crippen molar-refractivity contribution < 1.29 is 4.74 Å². The van der Waals surface area contributed by atoms with Crippen LogP contribution in [0.3, 0.4) is 0 Å². The number of ether oxygens (including phenoxy) is 1. The lowest BCUT2D eigenvalue weighted by Crippen LogP contribution is -2.35. The van der Waals surface area contributed by atoms with Gasteiger partial charge in [0.05, 0.1) is 23.5 Å². The molecule has 0 bridgehead atoms. The van der Waals surface area contributed by atoms with Gasteiger partial charge in [-0.3, -0.25) is 0 Å². The van der Waals surface area contributed by atoms with E-state index in [9.17, 15) is 0 Å². The van der Waals surface area contributed by atoms with Gasteiger partial charge in [0, 0.05) is 11.7 Å². The molecule has 1 fully saturated rings.